The van der Waals surface area contributed by atoms with E-state index in [1.54, 1.807) is 39.7 Å². The van der Waals surface area contributed by atoms with Gasteiger partial charge in [-0.05, 0) is 60.7 Å². The first-order valence-corrected chi connectivity index (χ1v) is 20.7. The Bertz CT molecular complexity index is 1560. The summed E-state index contributed by atoms with van der Waals surface area (Å²) in [6, 6.07) is 13.9. The second-order valence-electron chi connectivity index (χ2n) is 8.48. The van der Waals surface area contributed by atoms with E-state index in [-0.39, 0.29) is 29.2 Å². The lowest BCUT2D eigenvalue weighted by atomic mass is 10.2. The molecule has 2 heterocycles. The molecule has 1 atom stereocenters. The van der Waals surface area contributed by atoms with Crippen LogP contribution in [-0.4, -0.2) is 60.9 Å². The minimum atomic E-state index is -3.24. The van der Waals surface area contributed by atoms with Gasteiger partial charge in [-0.25, -0.2) is 8.42 Å². The molecule has 0 spiro atoms. The highest BCUT2D eigenvalue weighted by molar-refractivity contribution is 7.91. The quantitative estimate of drug-likeness (QED) is 0.163. The molecule has 4 aromatic rings. The number of hydrogen-bond acceptors (Lipinski definition) is 5. The van der Waals surface area contributed by atoms with Crippen molar-refractivity contribution >= 4 is 54.4 Å². The first kappa shape index (κ1) is 55.9. The number of carboxylic acids is 2. The molecule has 2 aromatic heterocycles. The molecule has 4 N–H and O–H groups in total. The molecule has 0 saturated heterocycles. The molecule has 0 saturated carbocycles. The molecule has 4 rings (SSSR count). The van der Waals surface area contributed by atoms with Crippen LogP contribution in [0.5, 0.6) is 0 Å². The Balaban J connectivity index is -0.000000205. The van der Waals surface area contributed by atoms with Crippen LogP contribution in [0.2, 0.25) is 0 Å². The Morgan fingerprint density at radius 3 is 1.54 bits per heavy atom. The van der Waals surface area contributed by atoms with E-state index in [2.05, 4.69) is 0 Å². The average Bonchev–Trinajstić information content (AvgIpc) is 3.72. The Labute approximate surface area is 305 Å². The van der Waals surface area contributed by atoms with Gasteiger partial charge in [-0.3, -0.25) is 13.8 Å². The second-order valence-corrected chi connectivity index (χ2v) is 12.2. The fourth-order valence-corrected chi connectivity index (χ4v) is 6.36. The van der Waals surface area contributed by atoms with Crippen molar-refractivity contribution in [3.63, 3.8) is 0 Å². The number of aliphatic carboxylic acids is 2. The molecule has 290 valence electrons. The summed E-state index contributed by atoms with van der Waals surface area (Å²) in [7, 11) is -4.25. The van der Waals surface area contributed by atoms with Crippen molar-refractivity contribution in [3.05, 3.63) is 60.9 Å². The zero-order chi connectivity index (χ0) is 39.2. The maximum atomic E-state index is 12.0. The zero-order valence-corrected chi connectivity index (χ0v) is 34.8. The SMILES string of the molecule is CC.CC.CC.CC.CC.CC.CCCS(=O)(=O)c1ccc2c(ccn2CC(=O)O)c1.CCCS(=O)c1ccc2ccn(CC(=O)O)c2c1.O. The van der Waals surface area contributed by atoms with Gasteiger partial charge in [-0.1, -0.05) is 103 Å². The van der Waals surface area contributed by atoms with Crippen LogP contribution in [0.1, 0.15) is 110 Å². The van der Waals surface area contributed by atoms with Gasteiger partial charge < -0.3 is 24.8 Å². The van der Waals surface area contributed by atoms with E-state index < -0.39 is 32.6 Å². The molecule has 0 fully saturated rings. The molecule has 0 bridgehead atoms. The maximum absolute atomic E-state index is 12.0. The summed E-state index contributed by atoms with van der Waals surface area (Å²) in [5.74, 6) is -1.06. The van der Waals surface area contributed by atoms with Gasteiger partial charge in [0.25, 0.3) is 0 Å². The van der Waals surface area contributed by atoms with Gasteiger partial charge in [0.1, 0.15) is 13.1 Å². The van der Waals surface area contributed by atoms with Crippen LogP contribution in [0, 0.1) is 0 Å². The molecule has 0 aliphatic heterocycles. The van der Waals surface area contributed by atoms with E-state index in [1.165, 1.54) is 6.07 Å². The Kier molecular flexibility index (Phi) is 38.0. The summed E-state index contributed by atoms with van der Waals surface area (Å²) >= 11 is 0. The van der Waals surface area contributed by atoms with Crippen LogP contribution in [-0.2, 0) is 43.3 Å². The van der Waals surface area contributed by atoms with Crippen LogP contribution in [0.4, 0.5) is 0 Å². The molecule has 12 heteroatoms. The topological polar surface area (TPSA) is 167 Å². The summed E-state index contributed by atoms with van der Waals surface area (Å²) in [6.07, 6.45) is 4.82. The number of carboxylic acid groups (broad SMARTS) is 2. The number of aromatic nitrogens is 2. The van der Waals surface area contributed by atoms with Crippen molar-refractivity contribution in [2.75, 3.05) is 11.5 Å². The van der Waals surface area contributed by atoms with Gasteiger partial charge in [0, 0.05) is 39.5 Å². The first-order chi connectivity index (χ1) is 23.6. The third-order valence-electron chi connectivity index (χ3n) is 5.58. The van der Waals surface area contributed by atoms with Gasteiger partial charge in [0.2, 0.25) is 0 Å². The number of rotatable bonds is 10. The molecule has 2 aromatic carbocycles. The first-order valence-electron chi connectivity index (χ1n) is 17.8. The lowest BCUT2D eigenvalue weighted by Crippen LogP contribution is -2.08. The average molecular weight is 745 g/mol. The van der Waals surface area contributed by atoms with E-state index in [0.29, 0.717) is 12.2 Å². The zero-order valence-electron chi connectivity index (χ0n) is 33.2. The van der Waals surface area contributed by atoms with Gasteiger partial charge in [-0.2, -0.15) is 0 Å². The molecular formula is C38H68N2O8S2. The fraction of sp³-hybridized carbons (Fsp3) is 0.526. The second kappa shape index (κ2) is 34.0. The largest absolute Gasteiger partial charge is 0.480 e. The summed E-state index contributed by atoms with van der Waals surface area (Å²) in [5.41, 5.74) is 1.54. The number of benzene rings is 2. The summed E-state index contributed by atoms with van der Waals surface area (Å²) in [6.45, 7) is 27.6. The Morgan fingerprint density at radius 2 is 1.10 bits per heavy atom. The van der Waals surface area contributed by atoms with Gasteiger partial charge >= 0.3 is 11.9 Å². The van der Waals surface area contributed by atoms with Crippen molar-refractivity contribution in [1.82, 2.24) is 9.13 Å². The molecule has 0 amide bonds. The van der Waals surface area contributed by atoms with Crippen LogP contribution in [0.15, 0.2) is 70.7 Å². The molecule has 1 unspecified atom stereocenters. The van der Waals surface area contributed by atoms with E-state index in [9.17, 15) is 22.2 Å². The smallest absolute Gasteiger partial charge is 0.323 e. The van der Waals surface area contributed by atoms with E-state index in [0.717, 1.165) is 33.1 Å². The standard InChI is InChI=1S/C13H15NO4S.C13H15NO3S.6C2H6.H2O/c1-2-7-19(17,18)11-3-4-12-10(8-11)5-6-14(12)9-13(15)16;1-2-7-18(17)11-4-3-10-5-6-14(9-13(15)16)12(10)8-11;6*1-2;/h3-6,8H,2,7,9H2,1H3,(H,15,16);3-6,8H,2,7,9H2,1H3,(H,15,16);6*1-2H3;1H2. The Morgan fingerprint density at radius 1 is 0.640 bits per heavy atom. The van der Waals surface area contributed by atoms with Crippen molar-refractivity contribution in [2.24, 2.45) is 0 Å². The third kappa shape index (κ3) is 19.6. The van der Waals surface area contributed by atoms with Gasteiger partial charge in [-0.15, -0.1) is 0 Å². The van der Waals surface area contributed by atoms with E-state index in [4.69, 9.17) is 10.2 Å². The summed E-state index contributed by atoms with van der Waals surface area (Å²) < 4.78 is 39.1. The minimum Gasteiger partial charge on any atom is -0.480 e. The van der Waals surface area contributed by atoms with E-state index >= 15 is 0 Å². The Hall–Kier alpha value is -3.48. The molecule has 0 radical (unpaired) electrons. The maximum Gasteiger partial charge on any atom is 0.323 e. The van der Waals surface area contributed by atoms with Crippen LogP contribution >= 0.6 is 0 Å². The van der Waals surface area contributed by atoms with Gasteiger partial charge in [0.15, 0.2) is 9.84 Å². The molecule has 50 heavy (non-hydrogen) atoms. The number of sulfone groups is 1. The molecule has 10 nitrogen and oxygen atoms in total. The van der Waals surface area contributed by atoms with Crippen LogP contribution in [0.3, 0.4) is 0 Å². The van der Waals surface area contributed by atoms with Crippen LogP contribution in [0.25, 0.3) is 21.8 Å². The minimum absolute atomic E-state index is 0. The number of fused-ring (bicyclic) bond motifs is 2. The number of carbonyl (C=O) groups is 2. The van der Waals surface area contributed by atoms with Crippen molar-refractivity contribution in [2.45, 2.75) is 133 Å². The van der Waals surface area contributed by atoms with Gasteiger partial charge in [0.05, 0.1) is 21.4 Å². The number of hydrogen-bond donors (Lipinski definition) is 2. The predicted octanol–water partition coefficient (Wildman–Crippen LogP) is 9.49. The monoisotopic (exact) mass is 744 g/mol. The number of nitrogens with zero attached hydrogens (tertiary/aromatic N) is 2. The lowest BCUT2D eigenvalue weighted by Gasteiger charge is -2.05. The van der Waals surface area contributed by atoms with Crippen molar-refractivity contribution < 1.29 is 37.9 Å². The highest BCUT2D eigenvalue weighted by Gasteiger charge is 2.15. The molecular weight excluding hydrogens is 677 g/mol. The molecule has 0 aliphatic carbocycles. The highest BCUT2D eigenvalue weighted by Crippen LogP contribution is 2.22. The summed E-state index contributed by atoms with van der Waals surface area (Å²) in [4.78, 5) is 22.5. The highest BCUT2D eigenvalue weighted by atomic mass is 32.2. The normalized spacial score (nSPS) is 9.80. The lowest BCUT2D eigenvalue weighted by molar-refractivity contribution is -0.138. The molecule has 0 aliphatic rings. The van der Waals surface area contributed by atoms with E-state index in [1.807, 2.05) is 121 Å². The van der Waals surface area contributed by atoms with Crippen molar-refractivity contribution in [3.8, 4) is 0 Å². The van der Waals surface area contributed by atoms with Crippen molar-refractivity contribution in [1.29, 1.82) is 0 Å². The fourth-order valence-electron chi connectivity index (χ4n) is 3.93. The third-order valence-corrected chi connectivity index (χ3v) is 9.06. The predicted molar refractivity (Wildman–Crippen MR) is 215 cm³/mol. The van der Waals surface area contributed by atoms with Crippen LogP contribution < -0.4 is 0 Å². The summed E-state index contributed by atoms with van der Waals surface area (Å²) in [5, 5.41) is 19.3.